The number of rotatable bonds is 5. The number of carbonyl (C=O) groups is 1. The van der Waals surface area contributed by atoms with Crippen LogP contribution in [0.3, 0.4) is 0 Å². The Labute approximate surface area is 183 Å². The Kier molecular flexibility index (Phi) is 5.18. The van der Waals surface area contributed by atoms with Crippen LogP contribution < -0.4 is 10.2 Å². The molecule has 0 atom stereocenters. The zero-order valence-corrected chi connectivity index (χ0v) is 18.4. The lowest BCUT2D eigenvalue weighted by Crippen LogP contribution is -2.46. The van der Waals surface area contributed by atoms with Gasteiger partial charge in [-0.05, 0) is 55.1 Å². The number of aromatic nitrogens is 1. The van der Waals surface area contributed by atoms with Gasteiger partial charge in [-0.25, -0.2) is 0 Å². The zero-order valence-electron chi connectivity index (χ0n) is 18.4. The van der Waals surface area contributed by atoms with Crippen molar-refractivity contribution < 1.29 is 9.32 Å². The van der Waals surface area contributed by atoms with E-state index >= 15 is 0 Å². The first-order chi connectivity index (χ1) is 15.0. The fourth-order valence-corrected chi connectivity index (χ4v) is 4.71. The van der Waals surface area contributed by atoms with Crippen molar-refractivity contribution in [3.63, 3.8) is 0 Å². The number of fused-ring (bicyclic) bond motifs is 2. The largest absolute Gasteiger partial charge is 0.354 e. The Bertz CT molecular complexity index is 1100. The summed E-state index contributed by atoms with van der Waals surface area (Å²) in [6.45, 7) is 9.18. The predicted molar refractivity (Wildman–Crippen MR) is 124 cm³/mol. The molecule has 0 radical (unpaired) electrons. The predicted octanol–water partition coefficient (Wildman–Crippen LogP) is 4.10. The van der Waals surface area contributed by atoms with Gasteiger partial charge in [0.15, 0.2) is 11.4 Å². The maximum absolute atomic E-state index is 12.1. The van der Waals surface area contributed by atoms with Crippen LogP contribution in [0.25, 0.3) is 11.0 Å². The quantitative estimate of drug-likeness (QED) is 0.676. The Morgan fingerprint density at radius 2 is 1.90 bits per heavy atom. The van der Waals surface area contributed by atoms with Crippen molar-refractivity contribution >= 4 is 28.4 Å². The fourth-order valence-electron chi connectivity index (χ4n) is 4.71. The molecule has 0 saturated carbocycles. The van der Waals surface area contributed by atoms with Gasteiger partial charge in [-0.2, -0.15) is 0 Å². The molecule has 3 aromatic rings. The number of para-hydroxylation sites is 1. The first-order valence-electron chi connectivity index (χ1n) is 11.2. The molecule has 6 nitrogen and oxygen atoms in total. The summed E-state index contributed by atoms with van der Waals surface area (Å²) in [6.07, 6.45) is 3.01. The summed E-state index contributed by atoms with van der Waals surface area (Å²) in [7, 11) is 0. The number of hydrogen-bond donors (Lipinski definition) is 1. The highest BCUT2D eigenvalue weighted by Gasteiger charge is 2.33. The molecule has 3 heterocycles. The van der Waals surface area contributed by atoms with Crippen molar-refractivity contribution in [2.75, 3.05) is 42.9 Å². The molecule has 2 aliphatic rings. The average molecular weight is 419 g/mol. The smallest absolute Gasteiger partial charge is 0.230 e. The van der Waals surface area contributed by atoms with Crippen molar-refractivity contribution in [1.29, 1.82) is 0 Å². The van der Waals surface area contributed by atoms with Gasteiger partial charge >= 0.3 is 0 Å². The number of amides is 1. The average Bonchev–Trinajstić information content (AvgIpc) is 3.19. The van der Waals surface area contributed by atoms with E-state index in [2.05, 4.69) is 44.5 Å². The maximum Gasteiger partial charge on any atom is 0.230 e. The van der Waals surface area contributed by atoms with Crippen molar-refractivity contribution in [1.82, 2.24) is 10.1 Å². The number of carbonyl (C=O) groups excluding carboxylic acids is 1. The number of aryl methyl sites for hydroxylation is 1. The van der Waals surface area contributed by atoms with Gasteiger partial charge in [-0.3, -0.25) is 9.69 Å². The molecule has 31 heavy (non-hydrogen) atoms. The molecule has 1 saturated heterocycles. The number of piperazine rings is 1. The maximum atomic E-state index is 12.1. The molecular weight excluding hydrogens is 388 g/mol. The molecular formula is C25H30N4O2. The second-order valence-corrected chi connectivity index (χ2v) is 9.44. The molecule has 6 heteroatoms. The number of hydrogen-bond acceptors (Lipinski definition) is 5. The van der Waals surface area contributed by atoms with Crippen LogP contribution in [-0.4, -0.2) is 48.7 Å². The van der Waals surface area contributed by atoms with Crippen LogP contribution in [0.15, 0.2) is 47.0 Å². The highest BCUT2D eigenvalue weighted by Crippen LogP contribution is 2.34. The van der Waals surface area contributed by atoms with Gasteiger partial charge < -0.3 is 14.7 Å². The van der Waals surface area contributed by atoms with Gasteiger partial charge in [-0.15, -0.1) is 0 Å². The normalized spacial score (nSPS) is 18.8. The standard InChI is InChI=1S/C25H30N4O2/c1-25(2)17-19-16-18(9-10-21(19)26-24(25)30)6-5-11-28-12-14-29(15-13-28)23-20-7-3-4-8-22(20)31-27-23/h3-4,7-10,16H,5-6,11-15,17H2,1-2H3,(H,26,30). The van der Waals surface area contributed by atoms with Crippen LogP contribution >= 0.6 is 0 Å². The lowest BCUT2D eigenvalue weighted by atomic mass is 9.81. The van der Waals surface area contributed by atoms with Gasteiger partial charge in [0.25, 0.3) is 0 Å². The third kappa shape index (κ3) is 4.04. The summed E-state index contributed by atoms with van der Waals surface area (Å²) in [5, 5.41) is 8.45. The van der Waals surface area contributed by atoms with Crippen molar-refractivity contribution in [3.05, 3.63) is 53.6 Å². The van der Waals surface area contributed by atoms with Crippen LogP contribution in [0.2, 0.25) is 0 Å². The van der Waals surface area contributed by atoms with Crippen molar-refractivity contribution in [3.8, 4) is 0 Å². The molecule has 0 spiro atoms. The summed E-state index contributed by atoms with van der Waals surface area (Å²) >= 11 is 0. The molecule has 2 aliphatic heterocycles. The Balaban J connectivity index is 1.13. The van der Waals surface area contributed by atoms with E-state index < -0.39 is 0 Å². The number of benzene rings is 2. The first kappa shape index (κ1) is 20.1. The Morgan fingerprint density at radius 1 is 1.10 bits per heavy atom. The SMILES string of the molecule is CC1(C)Cc2cc(CCCN3CCN(c4noc5ccccc45)CC3)ccc2NC1=O. The number of anilines is 2. The number of nitrogens with zero attached hydrogens (tertiary/aromatic N) is 3. The highest BCUT2D eigenvalue weighted by atomic mass is 16.5. The van der Waals surface area contributed by atoms with Gasteiger partial charge in [-0.1, -0.05) is 43.3 Å². The monoisotopic (exact) mass is 418 g/mol. The van der Waals surface area contributed by atoms with E-state index in [9.17, 15) is 4.79 Å². The summed E-state index contributed by atoms with van der Waals surface area (Å²) in [5.41, 5.74) is 4.12. The lowest BCUT2D eigenvalue weighted by molar-refractivity contribution is -0.124. The molecule has 0 unspecified atom stereocenters. The molecule has 0 aliphatic carbocycles. The molecule has 1 fully saturated rings. The third-order valence-corrected chi connectivity index (χ3v) is 6.63. The molecule has 0 bridgehead atoms. The van der Waals surface area contributed by atoms with E-state index in [1.807, 2.05) is 32.0 Å². The summed E-state index contributed by atoms with van der Waals surface area (Å²) in [6, 6.07) is 14.6. The first-order valence-corrected chi connectivity index (χ1v) is 11.2. The van der Waals surface area contributed by atoms with Crippen LogP contribution in [0.5, 0.6) is 0 Å². The van der Waals surface area contributed by atoms with E-state index in [1.54, 1.807) is 0 Å². The van der Waals surface area contributed by atoms with Gasteiger partial charge in [0, 0.05) is 37.3 Å². The van der Waals surface area contributed by atoms with E-state index in [-0.39, 0.29) is 11.3 Å². The summed E-state index contributed by atoms with van der Waals surface area (Å²) in [5.74, 6) is 1.09. The summed E-state index contributed by atoms with van der Waals surface area (Å²) < 4.78 is 5.47. The van der Waals surface area contributed by atoms with E-state index in [1.165, 1.54) is 11.1 Å². The number of nitrogens with one attached hydrogen (secondary N) is 1. The minimum absolute atomic E-state index is 0.116. The zero-order chi connectivity index (χ0) is 21.4. The molecule has 1 amide bonds. The molecule has 1 aromatic heterocycles. The van der Waals surface area contributed by atoms with Crippen LogP contribution in [0.1, 0.15) is 31.4 Å². The van der Waals surface area contributed by atoms with Crippen LogP contribution in [0.4, 0.5) is 11.5 Å². The molecule has 162 valence electrons. The van der Waals surface area contributed by atoms with Crippen molar-refractivity contribution in [2.45, 2.75) is 33.1 Å². The second kappa shape index (κ2) is 8.00. The van der Waals surface area contributed by atoms with E-state index in [4.69, 9.17) is 4.52 Å². The fraction of sp³-hybridized carbons (Fsp3) is 0.440. The van der Waals surface area contributed by atoms with Gasteiger partial charge in [0.1, 0.15) is 0 Å². The third-order valence-electron chi connectivity index (χ3n) is 6.63. The van der Waals surface area contributed by atoms with Gasteiger partial charge in [0.05, 0.1) is 5.39 Å². The Morgan fingerprint density at radius 3 is 2.74 bits per heavy atom. The molecule has 5 rings (SSSR count). The summed E-state index contributed by atoms with van der Waals surface area (Å²) in [4.78, 5) is 17.0. The highest BCUT2D eigenvalue weighted by molar-refractivity contribution is 5.98. The molecule has 2 aromatic carbocycles. The second-order valence-electron chi connectivity index (χ2n) is 9.44. The van der Waals surface area contributed by atoms with E-state index in [0.29, 0.717) is 0 Å². The minimum Gasteiger partial charge on any atom is -0.354 e. The van der Waals surface area contributed by atoms with Crippen LogP contribution in [-0.2, 0) is 17.6 Å². The topological polar surface area (TPSA) is 61.6 Å². The van der Waals surface area contributed by atoms with Gasteiger partial charge in [0.2, 0.25) is 5.91 Å². The van der Waals surface area contributed by atoms with Crippen LogP contribution in [0, 0.1) is 5.41 Å². The lowest BCUT2D eigenvalue weighted by Gasteiger charge is -2.34. The van der Waals surface area contributed by atoms with Crippen molar-refractivity contribution in [2.24, 2.45) is 5.41 Å². The van der Waals surface area contributed by atoms with E-state index in [0.717, 1.165) is 74.5 Å². The minimum atomic E-state index is -0.333. The Hall–Kier alpha value is -2.86. The molecule has 1 N–H and O–H groups in total.